The van der Waals surface area contributed by atoms with Crippen LogP contribution in [-0.2, 0) is 4.74 Å². The molecule has 0 aromatic rings. The van der Waals surface area contributed by atoms with Crippen LogP contribution in [0.15, 0.2) is 0 Å². The smallest absolute Gasteiger partial charge is 0.0704 e. The minimum absolute atomic E-state index is 0.486. The summed E-state index contributed by atoms with van der Waals surface area (Å²) in [5.41, 5.74) is 0. The Kier molecular flexibility index (Phi) is 1.69. The highest BCUT2D eigenvalue weighted by Crippen LogP contribution is 2.19. The number of ether oxygens (including phenoxy) is 1. The Hall–Kier alpha value is -0.0400. The molecule has 1 nitrogen and oxygen atoms in total. The first-order chi connectivity index (χ1) is 3.43. The number of hydrogen-bond donors (Lipinski definition) is 0. The minimum atomic E-state index is 0.486. The molecule has 0 bridgehead atoms. The van der Waals surface area contributed by atoms with Crippen molar-refractivity contribution in [3.8, 4) is 0 Å². The van der Waals surface area contributed by atoms with Crippen LogP contribution in [0.2, 0.25) is 0 Å². The van der Waals surface area contributed by atoms with Crippen molar-refractivity contribution in [3.63, 3.8) is 0 Å². The fourth-order valence-corrected chi connectivity index (χ4v) is 1.06. The van der Waals surface area contributed by atoms with Crippen molar-refractivity contribution in [1.29, 1.82) is 0 Å². The van der Waals surface area contributed by atoms with Crippen LogP contribution in [-0.4, -0.2) is 6.10 Å². The van der Waals surface area contributed by atoms with Gasteiger partial charge in [-0.3, -0.25) is 0 Å². The summed E-state index contributed by atoms with van der Waals surface area (Å²) in [7, 11) is 3.37. The molecule has 1 heteroatoms. The van der Waals surface area contributed by atoms with Crippen LogP contribution in [0.4, 0.5) is 0 Å². The van der Waals surface area contributed by atoms with Crippen molar-refractivity contribution < 1.29 is 4.74 Å². The van der Waals surface area contributed by atoms with Crippen LogP contribution < -0.4 is 0 Å². The first-order valence-electron chi connectivity index (χ1n) is 2.84. The predicted molar refractivity (Wildman–Crippen MR) is 28.7 cm³/mol. The topological polar surface area (TPSA) is 9.23 Å². The molecular weight excluding hydrogens is 88.1 g/mol. The Bertz CT molecular complexity index is 46.1. The normalized spacial score (nSPS) is 23.6. The molecule has 0 amide bonds. The maximum Gasteiger partial charge on any atom is 0.0704 e. The fourth-order valence-electron chi connectivity index (χ4n) is 1.06. The summed E-state index contributed by atoms with van der Waals surface area (Å²) in [5, 5.41) is 0. The van der Waals surface area contributed by atoms with Gasteiger partial charge >= 0.3 is 0 Å². The van der Waals surface area contributed by atoms with E-state index in [1.807, 2.05) is 0 Å². The molecule has 41 valence electrons. The highest BCUT2D eigenvalue weighted by atomic mass is 16.5. The summed E-state index contributed by atoms with van der Waals surface area (Å²) in [5.74, 6) is 0. The second kappa shape index (κ2) is 2.31. The van der Waals surface area contributed by atoms with Gasteiger partial charge in [-0.25, -0.2) is 0 Å². The lowest BCUT2D eigenvalue weighted by Gasteiger charge is -2.01. The van der Waals surface area contributed by atoms with E-state index in [1.54, 1.807) is 0 Å². The highest BCUT2D eigenvalue weighted by molar-refractivity contribution is 4.65. The van der Waals surface area contributed by atoms with Crippen molar-refractivity contribution in [2.24, 2.45) is 0 Å². The third-order valence-electron chi connectivity index (χ3n) is 1.54. The SMILES string of the molecule is [CH2]OC1CCCC1. The molecule has 0 spiro atoms. The van der Waals surface area contributed by atoms with Crippen LogP contribution in [0.1, 0.15) is 25.7 Å². The van der Waals surface area contributed by atoms with E-state index in [-0.39, 0.29) is 0 Å². The maximum absolute atomic E-state index is 4.86. The van der Waals surface area contributed by atoms with E-state index in [4.69, 9.17) is 4.74 Å². The van der Waals surface area contributed by atoms with E-state index in [2.05, 4.69) is 7.11 Å². The molecule has 1 saturated carbocycles. The van der Waals surface area contributed by atoms with E-state index in [1.165, 1.54) is 25.7 Å². The van der Waals surface area contributed by atoms with E-state index in [0.29, 0.717) is 6.10 Å². The molecule has 0 aromatic heterocycles. The summed E-state index contributed by atoms with van der Waals surface area (Å²) < 4.78 is 4.86. The molecule has 0 unspecified atom stereocenters. The summed E-state index contributed by atoms with van der Waals surface area (Å²) in [6.07, 6.45) is 5.60. The Labute approximate surface area is 44.7 Å². The zero-order valence-electron chi connectivity index (χ0n) is 4.52. The Morgan fingerprint density at radius 1 is 1.29 bits per heavy atom. The van der Waals surface area contributed by atoms with Gasteiger partial charge in [-0.1, -0.05) is 12.8 Å². The van der Waals surface area contributed by atoms with Crippen LogP contribution >= 0.6 is 0 Å². The van der Waals surface area contributed by atoms with Crippen molar-refractivity contribution in [2.75, 3.05) is 0 Å². The van der Waals surface area contributed by atoms with Gasteiger partial charge in [0.05, 0.1) is 13.2 Å². The number of hydrogen-bond acceptors (Lipinski definition) is 1. The van der Waals surface area contributed by atoms with Crippen molar-refractivity contribution in [2.45, 2.75) is 31.8 Å². The third-order valence-corrected chi connectivity index (χ3v) is 1.54. The lowest BCUT2D eigenvalue weighted by Crippen LogP contribution is -1.99. The van der Waals surface area contributed by atoms with Gasteiger partial charge in [0, 0.05) is 0 Å². The highest BCUT2D eigenvalue weighted by Gasteiger charge is 2.12. The maximum atomic E-state index is 4.86. The summed E-state index contributed by atoms with van der Waals surface area (Å²) in [6.45, 7) is 0. The van der Waals surface area contributed by atoms with E-state index in [9.17, 15) is 0 Å². The van der Waals surface area contributed by atoms with Gasteiger partial charge in [-0.05, 0) is 12.8 Å². The summed E-state index contributed by atoms with van der Waals surface area (Å²) in [6, 6.07) is 0. The molecule has 1 rings (SSSR count). The molecule has 0 aromatic carbocycles. The zero-order chi connectivity index (χ0) is 5.11. The van der Waals surface area contributed by atoms with Gasteiger partial charge in [0.1, 0.15) is 0 Å². The molecule has 0 N–H and O–H groups in total. The van der Waals surface area contributed by atoms with Gasteiger partial charge in [0.15, 0.2) is 0 Å². The fraction of sp³-hybridized carbons (Fsp3) is 0.833. The first kappa shape index (κ1) is 5.10. The second-order valence-electron chi connectivity index (χ2n) is 2.07. The standard InChI is InChI=1S/C6H11O/c1-7-6-4-2-3-5-6/h6H,1-5H2. The number of rotatable bonds is 1. The molecular formula is C6H11O. The third kappa shape index (κ3) is 1.16. The lowest BCUT2D eigenvalue weighted by molar-refractivity contribution is 0.145. The molecule has 0 atom stereocenters. The van der Waals surface area contributed by atoms with Crippen molar-refractivity contribution >= 4 is 0 Å². The average Bonchev–Trinajstić information content (AvgIpc) is 2.14. The molecule has 0 heterocycles. The quantitative estimate of drug-likeness (QED) is 0.486. The Morgan fingerprint density at radius 3 is 2.14 bits per heavy atom. The van der Waals surface area contributed by atoms with E-state index in [0.717, 1.165) is 0 Å². The van der Waals surface area contributed by atoms with Crippen LogP contribution in [0.5, 0.6) is 0 Å². The van der Waals surface area contributed by atoms with Crippen molar-refractivity contribution in [1.82, 2.24) is 0 Å². The Morgan fingerprint density at radius 2 is 1.86 bits per heavy atom. The second-order valence-corrected chi connectivity index (χ2v) is 2.07. The summed E-state index contributed by atoms with van der Waals surface area (Å²) in [4.78, 5) is 0. The van der Waals surface area contributed by atoms with E-state index >= 15 is 0 Å². The van der Waals surface area contributed by atoms with Crippen LogP contribution in [0.25, 0.3) is 0 Å². The van der Waals surface area contributed by atoms with Crippen LogP contribution in [0, 0.1) is 7.11 Å². The average molecular weight is 99.2 g/mol. The molecule has 1 aliphatic rings. The molecule has 1 fully saturated rings. The van der Waals surface area contributed by atoms with Gasteiger partial charge in [0.2, 0.25) is 0 Å². The van der Waals surface area contributed by atoms with E-state index < -0.39 is 0 Å². The summed E-state index contributed by atoms with van der Waals surface area (Å²) >= 11 is 0. The molecule has 7 heavy (non-hydrogen) atoms. The monoisotopic (exact) mass is 99.1 g/mol. The molecule has 1 radical (unpaired) electrons. The zero-order valence-corrected chi connectivity index (χ0v) is 4.52. The largest absolute Gasteiger partial charge is 0.376 e. The van der Waals surface area contributed by atoms with Gasteiger partial charge in [0.25, 0.3) is 0 Å². The Balaban J connectivity index is 2.14. The predicted octanol–water partition coefficient (Wildman–Crippen LogP) is 1.74. The molecule has 0 aliphatic heterocycles. The minimum Gasteiger partial charge on any atom is -0.376 e. The van der Waals surface area contributed by atoms with Gasteiger partial charge in [-0.2, -0.15) is 0 Å². The lowest BCUT2D eigenvalue weighted by atomic mass is 10.3. The van der Waals surface area contributed by atoms with Gasteiger partial charge < -0.3 is 4.74 Å². The first-order valence-corrected chi connectivity index (χ1v) is 2.84. The molecule has 1 aliphatic carbocycles. The van der Waals surface area contributed by atoms with Gasteiger partial charge in [-0.15, -0.1) is 0 Å². The molecule has 0 saturated heterocycles. The van der Waals surface area contributed by atoms with Crippen LogP contribution in [0.3, 0.4) is 0 Å². The van der Waals surface area contributed by atoms with Crippen molar-refractivity contribution in [3.05, 3.63) is 7.11 Å².